The molecule has 0 fully saturated rings. The van der Waals surface area contributed by atoms with E-state index in [2.05, 4.69) is 11.4 Å². The lowest BCUT2D eigenvalue weighted by Crippen LogP contribution is -2.52. The molecule has 2 amide bonds. The van der Waals surface area contributed by atoms with Crippen molar-refractivity contribution in [2.24, 2.45) is 0 Å². The highest BCUT2D eigenvalue weighted by molar-refractivity contribution is 5.88. The van der Waals surface area contributed by atoms with E-state index < -0.39 is 6.04 Å². The van der Waals surface area contributed by atoms with Gasteiger partial charge in [-0.2, -0.15) is 0 Å². The number of hydrogen-bond donors (Lipinski definition) is 1. The van der Waals surface area contributed by atoms with Crippen molar-refractivity contribution >= 4 is 11.8 Å². The van der Waals surface area contributed by atoms with E-state index in [-0.39, 0.29) is 17.9 Å². The lowest BCUT2D eigenvalue weighted by Gasteiger charge is -2.32. The normalized spacial score (nSPS) is 12.8. The van der Waals surface area contributed by atoms with E-state index in [9.17, 15) is 9.59 Å². The first-order chi connectivity index (χ1) is 13.9. The van der Waals surface area contributed by atoms with E-state index in [0.717, 1.165) is 29.5 Å². The summed E-state index contributed by atoms with van der Waals surface area (Å²) in [6, 6.07) is 17.6. The number of aryl methyl sites for hydroxylation is 1. The number of nitrogens with one attached hydrogen (secondary N) is 1. The first kappa shape index (κ1) is 22.7. The van der Waals surface area contributed by atoms with Gasteiger partial charge in [-0.25, -0.2) is 0 Å². The summed E-state index contributed by atoms with van der Waals surface area (Å²) in [4.78, 5) is 28.1. The molecule has 1 N–H and O–H groups in total. The minimum absolute atomic E-state index is 0.0224. The predicted octanol–water partition coefficient (Wildman–Crippen LogP) is 4.65. The Hall–Kier alpha value is -2.62. The monoisotopic (exact) mass is 394 g/mol. The fraction of sp³-hybridized carbons (Fsp3) is 0.440. The van der Waals surface area contributed by atoms with Gasteiger partial charge in [0, 0.05) is 25.4 Å². The highest BCUT2D eigenvalue weighted by Crippen LogP contribution is 2.17. The molecule has 29 heavy (non-hydrogen) atoms. The number of rotatable bonds is 10. The summed E-state index contributed by atoms with van der Waals surface area (Å²) >= 11 is 0. The molecular formula is C25H34N2O2. The molecule has 0 aliphatic carbocycles. The molecule has 2 aromatic carbocycles. The van der Waals surface area contributed by atoms with Crippen molar-refractivity contribution in [3.63, 3.8) is 0 Å². The molecule has 4 heteroatoms. The number of benzene rings is 2. The van der Waals surface area contributed by atoms with Crippen LogP contribution in [0.1, 0.15) is 56.7 Å². The molecule has 0 radical (unpaired) electrons. The second-order valence-electron chi connectivity index (χ2n) is 7.78. The van der Waals surface area contributed by atoms with Crippen molar-refractivity contribution in [1.82, 2.24) is 10.2 Å². The molecule has 0 aliphatic rings. The lowest BCUT2D eigenvalue weighted by molar-refractivity contribution is -0.141. The van der Waals surface area contributed by atoms with E-state index in [1.165, 1.54) is 0 Å². The topological polar surface area (TPSA) is 49.4 Å². The van der Waals surface area contributed by atoms with Gasteiger partial charge in [-0.05, 0) is 37.8 Å². The van der Waals surface area contributed by atoms with E-state index >= 15 is 0 Å². The standard InChI is InChI=1S/C25H34N2O2/c1-5-11-24(28)27(18-22-15-10-12-19(3)16-22)23(25(29)26-20(4)6-2)17-21-13-8-7-9-14-21/h7-10,12-16,20,23H,5-6,11,17-18H2,1-4H3,(H,26,29)/t20-,23-/m1/s1. The Kier molecular flexibility index (Phi) is 8.91. The van der Waals surface area contributed by atoms with Crippen LogP contribution in [-0.4, -0.2) is 28.8 Å². The van der Waals surface area contributed by atoms with Crippen LogP contribution in [-0.2, 0) is 22.6 Å². The summed E-state index contributed by atoms with van der Waals surface area (Å²) in [5, 5.41) is 3.09. The molecule has 2 rings (SSSR count). The van der Waals surface area contributed by atoms with Crippen LogP contribution < -0.4 is 5.32 Å². The molecule has 0 unspecified atom stereocenters. The van der Waals surface area contributed by atoms with Crippen molar-refractivity contribution < 1.29 is 9.59 Å². The third-order valence-corrected chi connectivity index (χ3v) is 5.17. The number of hydrogen-bond acceptors (Lipinski definition) is 2. The molecule has 2 aromatic rings. The summed E-state index contributed by atoms with van der Waals surface area (Å²) in [5.74, 6) is -0.0606. The molecule has 0 saturated carbocycles. The second-order valence-corrected chi connectivity index (χ2v) is 7.78. The van der Waals surface area contributed by atoms with E-state index in [0.29, 0.717) is 19.4 Å². The average Bonchev–Trinajstić information content (AvgIpc) is 2.71. The van der Waals surface area contributed by atoms with Gasteiger partial charge in [0.1, 0.15) is 6.04 Å². The van der Waals surface area contributed by atoms with Gasteiger partial charge in [0.05, 0.1) is 0 Å². The minimum Gasteiger partial charge on any atom is -0.352 e. The molecule has 156 valence electrons. The Bertz CT molecular complexity index is 788. The van der Waals surface area contributed by atoms with Crippen molar-refractivity contribution in [2.45, 2.75) is 72.0 Å². The van der Waals surface area contributed by atoms with Gasteiger partial charge < -0.3 is 10.2 Å². The zero-order valence-electron chi connectivity index (χ0n) is 18.2. The van der Waals surface area contributed by atoms with Crippen molar-refractivity contribution in [3.8, 4) is 0 Å². The van der Waals surface area contributed by atoms with Crippen LogP contribution in [0.15, 0.2) is 54.6 Å². The zero-order chi connectivity index (χ0) is 21.2. The molecule has 0 aliphatic heterocycles. The SMILES string of the molecule is CCCC(=O)N(Cc1cccc(C)c1)[C@H](Cc1ccccc1)C(=O)N[C@H](C)CC. The number of carbonyl (C=O) groups excluding carboxylic acids is 2. The fourth-order valence-electron chi connectivity index (χ4n) is 3.36. The minimum atomic E-state index is -0.536. The van der Waals surface area contributed by atoms with Crippen LogP contribution in [0.3, 0.4) is 0 Å². The Balaban J connectivity index is 2.37. The van der Waals surface area contributed by atoms with Crippen LogP contribution in [0, 0.1) is 6.92 Å². The summed E-state index contributed by atoms with van der Waals surface area (Å²) in [6.45, 7) is 8.51. The molecule has 4 nitrogen and oxygen atoms in total. The third-order valence-electron chi connectivity index (χ3n) is 5.17. The summed E-state index contributed by atoms with van der Waals surface area (Å²) in [6.07, 6.45) is 2.55. The van der Waals surface area contributed by atoms with Gasteiger partial charge in [-0.1, -0.05) is 74.0 Å². The lowest BCUT2D eigenvalue weighted by atomic mass is 10.0. The van der Waals surface area contributed by atoms with Crippen molar-refractivity contribution in [2.75, 3.05) is 0 Å². The van der Waals surface area contributed by atoms with Crippen LogP contribution >= 0.6 is 0 Å². The van der Waals surface area contributed by atoms with Crippen LogP contribution in [0.25, 0.3) is 0 Å². The van der Waals surface area contributed by atoms with Gasteiger partial charge in [0.15, 0.2) is 0 Å². The Labute approximate surface area is 175 Å². The van der Waals surface area contributed by atoms with E-state index in [1.54, 1.807) is 4.90 Å². The van der Waals surface area contributed by atoms with Crippen molar-refractivity contribution in [1.29, 1.82) is 0 Å². The summed E-state index contributed by atoms with van der Waals surface area (Å²) in [5.41, 5.74) is 3.24. The largest absolute Gasteiger partial charge is 0.352 e. The number of amides is 2. The van der Waals surface area contributed by atoms with Crippen LogP contribution in [0.5, 0.6) is 0 Å². The smallest absolute Gasteiger partial charge is 0.243 e. The third kappa shape index (κ3) is 7.04. The highest BCUT2D eigenvalue weighted by atomic mass is 16.2. The molecule has 0 heterocycles. The van der Waals surface area contributed by atoms with Gasteiger partial charge >= 0.3 is 0 Å². The van der Waals surface area contributed by atoms with Crippen molar-refractivity contribution in [3.05, 3.63) is 71.3 Å². The summed E-state index contributed by atoms with van der Waals surface area (Å²) < 4.78 is 0. The Morgan fingerprint density at radius 1 is 1.00 bits per heavy atom. The zero-order valence-corrected chi connectivity index (χ0v) is 18.2. The molecular weight excluding hydrogens is 360 g/mol. The van der Waals surface area contributed by atoms with E-state index in [1.807, 2.05) is 76.2 Å². The maximum Gasteiger partial charge on any atom is 0.243 e. The van der Waals surface area contributed by atoms with Crippen LogP contribution in [0.2, 0.25) is 0 Å². The average molecular weight is 395 g/mol. The fourth-order valence-corrected chi connectivity index (χ4v) is 3.36. The first-order valence-corrected chi connectivity index (χ1v) is 10.6. The maximum absolute atomic E-state index is 13.2. The molecule has 2 atom stereocenters. The van der Waals surface area contributed by atoms with Gasteiger partial charge in [0.2, 0.25) is 11.8 Å². The molecule has 0 aromatic heterocycles. The molecule has 0 saturated heterocycles. The quantitative estimate of drug-likeness (QED) is 0.638. The van der Waals surface area contributed by atoms with Gasteiger partial charge in [0.25, 0.3) is 0 Å². The second kappa shape index (κ2) is 11.4. The molecule has 0 bridgehead atoms. The number of carbonyl (C=O) groups is 2. The summed E-state index contributed by atoms with van der Waals surface area (Å²) in [7, 11) is 0. The predicted molar refractivity (Wildman–Crippen MR) is 118 cm³/mol. The van der Waals surface area contributed by atoms with Crippen LogP contribution in [0.4, 0.5) is 0 Å². The number of nitrogens with zero attached hydrogens (tertiary/aromatic N) is 1. The Morgan fingerprint density at radius 2 is 1.69 bits per heavy atom. The Morgan fingerprint density at radius 3 is 2.31 bits per heavy atom. The molecule has 0 spiro atoms. The van der Waals surface area contributed by atoms with Gasteiger partial charge in [-0.3, -0.25) is 9.59 Å². The first-order valence-electron chi connectivity index (χ1n) is 10.6. The van der Waals surface area contributed by atoms with Gasteiger partial charge in [-0.15, -0.1) is 0 Å². The maximum atomic E-state index is 13.2. The van der Waals surface area contributed by atoms with E-state index in [4.69, 9.17) is 0 Å². The highest BCUT2D eigenvalue weighted by Gasteiger charge is 2.30.